The molecule has 5 nitrogen and oxygen atoms in total. The van der Waals surface area contributed by atoms with Gasteiger partial charge in [-0.2, -0.15) is 0 Å². The van der Waals surface area contributed by atoms with Crippen LogP contribution < -0.4 is 22.5 Å². The van der Waals surface area contributed by atoms with Crippen LogP contribution in [0.1, 0.15) is 0 Å². The number of nitrogens with one attached hydrogen (secondary N) is 2. The van der Waals surface area contributed by atoms with Gasteiger partial charge in [-0.25, -0.2) is 0 Å². The molecule has 0 radical (unpaired) electrons. The highest BCUT2D eigenvalue weighted by molar-refractivity contribution is 4.52. The summed E-state index contributed by atoms with van der Waals surface area (Å²) in [7, 11) is 2.02. The van der Waals surface area contributed by atoms with Crippen molar-refractivity contribution in [2.45, 2.75) is 0 Å². The van der Waals surface area contributed by atoms with E-state index in [0.717, 1.165) is 26.2 Å². The van der Waals surface area contributed by atoms with Gasteiger partial charge in [-0.1, -0.05) is 0 Å². The Balaban J connectivity index is 3.00. The first-order chi connectivity index (χ1) is 4.81. The lowest BCUT2D eigenvalue weighted by molar-refractivity contribution is 0.331. The molecule has 10 heavy (non-hydrogen) atoms. The highest BCUT2D eigenvalue weighted by Crippen LogP contribution is 1.76. The molecule has 6 N–H and O–H groups in total. The van der Waals surface area contributed by atoms with E-state index in [2.05, 4.69) is 15.8 Å². The van der Waals surface area contributed by atoms with Gasteiger partial charge < -0.3 is 4.90 Å². The molecule has 0 aromatic heterocycles. The third kappa shape index (κ3) is 5.93. The molecule has 0 bridgehead atoms. The van der Waals surface area contributed by atoms with Gasteiger partial charge in [0.1, 0.15) is 0 Å². The molecule has 0 saturated heterocycles. The molecule has 0 aliphatic carbocycles. The van der Waals surface area contributed by atoms with Crippen LogP contribution in [0.5, 0.6) is 0 Å². The first kappa shape index (κ1) is 9.80. The van der Waals surface area contributed by atoms with Crippen LogP contribution in [0.4, 0.5) is 0 Å². The molecule has 0 aromatic carbocycles. The van der Waals surface area contributed by atoms with Crippen molar-refractivity contribution in [2.24, 2.45) is 11.7 Å². The highest BCUT2D eigenvalue weighted by atomic mass is 15.3. The van der Waals surface area contributed by atoms with Crippen molar-refractivity contribution >= 4 is 0 Å². The first-order valence-corrected chi connectivity index (χ1v) is 3.36. The second kappa shape index (κ2) is 6.91. The lowest BCUT2D eigenvalue weighted by Crippen LogP contribution is -2.37. The molecule has 0 heterocycles. The Morgan fingerprint density at radius 3 is 1.80 bits per heavy atom. The van der Waals surface area contributed by atoms with E-state index in [4.69, 9.17) is 11.7 Å². The maximum Gasteiger partial charge on any atom is 0.0225 e. The quantitative estimate of drug-likeness (QED) is 0.254. The third-order valence-corrected chi connectivity index (χ3v) is 1.28. The van der Waals surface area contributed by atoms with E-state index >= 15 is 0 Å². The van der Waals surface area contributed by atoms with E-state index in [1.807, 2.05) is 7.05 Å². The second-order valence-electron chi connectivity index (χ2n) is 2.21. The summed E-state index contributed by atoms with van der Waals surface area (Å²) >= 11 is 0. The highest BCUT2D eigenvalue weighted by Gasteiger charge is 1.93. The Labute approximate surface area is 61.7 Å². The topological polar surface area (TPSA) is 79.3 Å². The van der Waals surface area contributed by atoms with Gasteiger partial charge in [0.2, 0.25) is 0 Å². The van der Waals surface area contributed by atoms with Crippen molar-refractivity contribution in [3.63, 3.8) is 0 Å². The zero-order valence-electron chi connectivity index (χ0n) is 6.43. The second-order valence-corrected chi connectivity index (χ2v) is 2.21. The molecule has 0 aromatic rings. The SMILES string of the molecule is CN(CCNN)CCNN. The Bertz CT molecular complexity index is 59.1. The summed E-state index contributed by atoms with van der Waals surface area (Å²) in [5.74, 6) is 10.2. The summed E-state index contributed by atoms with van der Waals surface area (Å²) in [6.07, 6.45) is 0. The van der Waals surface area contributed by atoms with Crippen LogP contribution in [-0.4, -0.2) is 38.1 Å². The minimum atomic E-state index is 0.807. The van der Waals surface area contributed by atoms with E-state index in [1.165, 1.54) is 0 Å². The van der Waals surface area contributed by atoms with Crippen molar-refractivity contribution in [1.82, 2.24) is 15.8 Å². The molecular weight excluding hydrogens is 130 g/mol. The number of hydrazine groups is 2. The van der Waals surface area contributed by atoms with Crippen LogP contribution in [0.15, 0.2) is 0 Å². The van der Waals surface area contributed by atoms with Crippen molar-refractivity contribution < 1.29 is 0 Å². The molecule has 0 unspecified atom stereocenters. The molecule has 0 saturated carbocycles. The summed E-state index contributed by atoms with van der Waals surface area (Å²) < 4.78 is 0. The summed E-state index contributed by atoms with van der Waals surface area (Å²) in [4.78, 5) is 2.14. The van der Waals surface area contributed by atoms with E-state index < -0.39 is 0 Å². The smallest absolute Gasteiger partial charge is 0.0225 e. The van der Waals surface area contributed by atoms with Crippen LogP contribution >= 0.6 is 0 Å². The lowest BCUT2D eigenvalue weighted by atomic mass is 10.5. The molecule has 62 valence electrons. The van der Waals surface area contributed by atoms with Gasteiger partial charge in [0.25, 0.3) is 0 Å². The Hall–Kier alpha value is -0.200. The van der Waals surface area contributed by atoms with E-state index in [0.29, 0.717) is 0 Å². The Morgan fingerprint density at radius 2 is 1.50 bits per heavy atom. The fourth-order valence-corrected chi connectivity index (χ4v) is 0.623. The summed E-state index contributed by atoms with van der Waals surface area (Å²) in [6, 6.07) is 0. The number of rotatable bonds is 6. The average Bonchev–Trinajstić information content (AvgIpc) is 1.97. The molecule has 0 fully saturated rings. The third-order valence-electron chi connectivity index (χ3n) is 1.28. The first-order valence-electron chi connectivity index (χ1n) is 3.36. The lowest BCUT2D eigenvalue weighted by Gasteiger charge is -2.14. The number of hydrogen-bond acceptors (Lipinski definition) is 5. The maximum absolute atomic E-state index is 5.09. The Kier molecular flexibility index (Phi) is 6.78. The average molecular weight is 147 g/mol. The van der Waals surface area contributed by atoms with Gasteiger partial charge in [-0.3, -0.25) is 22.5 Å². The zero-order chi connectivity index (χ0) is 7.82. The maximum atomic E-state index is 5.09. The molecule has 0 aliphatic rings. The predicted molar refractivity (Wildman–Crippen MR) is 41.9 cm³/mol. The van der Waals surface area contributed by atoms with Crippen LogP contribution in [0.2, 0.25) is 0 Å². The predicted octanol–water partition coefficient (Wildman–Crippen LogP) is -2.16. The molecule has 0 spiro atoms. The molecule has 0 rings (SSSR count). The molecule has 5 heteroatoms. The van der Waals surface area contributed by atoms with E-state index in [9.17, 15) is 0 Å². The van der Waals surface area contributed by atoms with Crippen LogP contribution in [0.3, 0.4) is 0 Å². The van der Waals surface area contributed by atoms with Gasteiger partial charge in [0.05, 0.1) is 0 Å². The van der Waals surface area contributed by atoms with Crippen LogP contribution in [0.25, 0.3) is 0 Å². The van der Waals surface area contributed by atoms with E-state index in [-0.39, 0.29) is 0 Å². The van der Waals surface area contributed by atoms with Crippen molar-refractivity contribution in [1.29, 1.82) is 0 Å². The Morgan fingerprint density at radius 1 is 1.10 bits per heavy atom. The van der Waals surface area contributed by atoms with Gasteiger partial charge in [0.15, 0.2) is 0 Å². The van der Waals surface area contributed by atoms with Crippen molar-refractivity contribution in [3.8, 4) is 0 Å². The van der Waals surface area contributed by atoms with Gasteiger partial charge >= 0.3 is 0 Å². The van der Waals surface area contributed by atoms with E-state index in [1.54, 1.807) is 0 Å². The van der Waals surface area contributed by atoms with Gasteiger partial charge in [-0.05, 0) is 7.05 Å². The number of nitrogens with zero attached hydrogens (tertiary/aromatic N) is 1. The van der Waals surface area contributed by atoms with Gasteiger partial charge in [0, 0.05) is 26.2 Å². The summed E-state index contributed by atoms with van der Waals surface area (Å²) in [5.41, 5.74) is 5.16. The zero-order valence-corrected chi connectivity index (χ0v) is 6.43. The summed E-state index contributed by atoms with van der Waals surface area (Å²) in [5, 5.41) is 0. The van der Waals surface area contributed by atoms with Gasteiger partial charge in [-0.15, -0.1) is 0 Å². The number of hydrogen-bond donors (Lipinski definition) is 4. The minimum absolute atomic E-state index is 0.807. The van der Waals surface area contributed by atoms with Crippen LogP contribution in [0, 0.1) is 0 Å². The largest absolute Gasteiger partial charge is 0.304 e. The molecule has 0 atom stereocenters. The fourth-order valence-electron chi connectivity index (χ4n) is 0.623. The normalized spacial score (nSPS) is 10.8. The minimum Gasteiger partial charge on any atom is -0.304 e. The standard InChI is InChI=1S/C5H17N5/c1-10(4-2-8-6)5-3-9-7/h8-9H,2-7H2,1H3. The molecule has 0 amide bonds. The molecular formula is C5H17N5. The van der Waals surface area contributed by atoms with Crippen LogP contribution in [-0.2, 0) is 0 Å². The summed E-state index contributed by atoms with van der Waals surface area (Å²) in [6.45, 7) is 3.50. The number of likely N-dealkylation sites (N-methyl/N-ethyl adjacent to an activating group) is 1. The monoisotopic (exact) mass is 147 g/mol. The van der Waals surface area contributed by atoms with Crippen molar-refractivity contribution in [2.75, 3.05) is 33.2 Å². The van der Waals surface area contributed by atoms with Crippen molar-refractivity contribution in [3.05, 3.63) is 0 Å². The number of nitrogens with two attached hydrogens (primary N) is 2. The molecule has 0 aliphatic heterocycles. The fraction of sp³-hybridized carbons (Fsp3) is 1.00.